The normalized spacial score (nSPS) is 21.8. The molecule has 1 amide bonds. The fraction of sp³-hybridized carbons (Fsp3) is 0.462. The van der Waals surface area contributed by atoms with Gasteiger partial charge in [-0.1, -0.05) is 57.2 Å². The van der Waals surface area contributed by atoms with Crippen molar-refractivity contribution < 1.29 is 13.2 Å². The van der Waals surface area contributed by atoms with E-state index in [0.717, 1.165) is 25.2 Å². The minimum atomic E-state index is -3.65. The Hall–Kier alpha value is -2.71. The van der Waals surface area contributed by atoms with E-state index in [1.54, 1.807) is 24.3 Å². The lowest BCUT2D eigenvalue weighted by molar-refractivity contribution is -0.123. The number of likely N-dealkylation sites (tertiary alicyclic amines) is 1. The number of amides is 1. The first-order chi connectivity index (χ1) is 16.2. The van der Waals surface area contributed by atoms with Gasteiger partial charge in [0.25, 0.3) is 10.0 Å². The number of piperidine rings is 1. The van der Waals surface area contributed by atoms with Gasteiger partial charge < -0.3 is 5.32 Å². The molecule has 2 aliphatic rings. The Kier molecular flexibility index (Phi) is 7.38. The van der Waals surface area contributed by atoms with Gasteiger partial charge in [0.2, 0.25) is 5.91 Å². The number of nitrogens with zero attached hydrogens (tertiary/aromatic N) is 2. The summed E-state index contributed by atoms with van der Waals surface area (Å²) >= 11 is 0. The molecule has 1 unspecified atom stereocenters. The van der Waals surface area contributed by atoms with E-state index in [1.807, 2.05) is 26.0 Å². The smallest absolute Gasteiger partial charge is 0.263 e. The summed E-state index contributed by atoms with van der Waals surface area (Å²) < 4.78 is 27.3. The van der Waals surface area contributed by atoms with Crippen molar-refractivity contribution in [1.29, 1.82) is 0 Å². The lowest BCUT2D eigenvalue weighted by atomic mass is 9.99. The Morgan fingerprint density at radius 3 is 2.59 bits per heavy atom. The zero-order valence-corrected chi connectivity index (χ0v) is 20.9. The van der Waals surface area contributed by atoms with Gasteiger partial charge in [-0.3, -0.25) is 19.4 Å². The second-order valence-electron chi connectivity index (χ2n) is 9.74. The largest absolute Gasteiger partial charge is 0.350 e. The van der Waals surface area contributed by atoms with Crippen LogP contribution in [0.5, 0.6) is 0 Å². The highest BCUT2D eigenvalue weighted by Gasteiger charge is 2.32. The molecule has 1 saturated heterocycles. The van der Waals surface area contributed by atoms with Crippen molar-refractivity contribution in [3.63, 3.8) is 0 Å². The third-order valence-electron chi connectivity index (χ3n) is 6.54. The second-order valence-corrected chi connectivity index (χ2v) is 11.4. The highest BCUT2D eigenvalue weighted by atomic mass is 32.2. The Labute approximate surface area is 202 Å². The van der Waals surface area contributed by atoms with Crippen molar-refractivity contribution in [1.82, 2.24) is 14.9 Å². The Morgan fingerprint density at radius 1 is 1.15 bits per heavy atom. The minimum absolute atomic E-state index is 0.102. The topological polar surface area (TPSA) is 90.9 Å². The van der Waals surface area contributed by atoms with Crippen molar-refractivity contribution in [2.24, 2.45) is 16.8 Å². The number of amidine groups is 1. The van der Waals surface area contributed by atoms with Crippen LogP contribution in [0.3, 0.4) is 0 Å². The number of fused-ring (bicyclic) bond motifs is 1. The van der Waals surface area contributed by atoms with Gasteiger partial charge in [-0.05, 0) is 54.5 Å². The van der Waals surface area contributed by atoms with Crippen molar-refractivity contribution in [2.75, 3.05) is 13.1 Å². The van der Waals surface area contributed by atoms with Gasteiger partial charge in [-0.2, -0.15) is 0 Å². The zero-order valence-electron chi connectivity index (χ0n) is 20.1. The molecule has 0 aromatic heterocycles. The number of benzene rings is 2. The summed E-state index contributed by atoms with van der Waals surface area (Å²) in [5.41, 5.74) is 2.82. The predicted octanol–water partition coefficient (Wildman–Crippen LogP) is 3.30. The summed E-state index contributed by atoms with van der Waals surface area (Å²) in [5.74, 6) is 0.621. The van der Waals surface area contributed by atoms with Gasteiger partial charge in [0.15, 0.2) is 0 Å². The SMILES string of the molecule is CC1CCCN(Cc2ccccc2CNC(=O)[C@@H](N=C2NS(=O)(=O)c3ccccc32)C(C)C)C1. The van der Waals surface area contributed by atoms with Crippen molar-refractivity contribution >= 4 is 21.8 Å². The molecule has 1 fully saturated rings. The molecule has 4 rings (SSSR count). The van der Waals surface area contributed by atoms with Gasteiger partial charge in [-0.25, -0.2) is 8.42 Å². The Morgan fingerprint density at radius 2 is 1.85 bits per heavy atom. The van der Waals surface area contributed by atoms with Crippen LogP contribution in [0.2, 0.25) is 0 Å². The van der Waals surface area contributed by atoms with E-state index in [0.29, 0.717) is 18.0 Å². The lowest BCUT2D eigenvalue weighted by Gasteiger charge is -2.31. The summed E-state index contributed by atoms with van der Waals surface area (Å²) in [6.45, 7) is 9.62. The van der Waals surface area contributed by atoms with Crippen molar-refractivity contribution in [3.8, 4) is 0 Å². The third kappa shape index (κ3) is 5.50. The van der Waals surface area contributed by atoms with Gasteiger partial charge >= 0.3 is 0 Å². The molecule has 2 aromatic carbocycles. The van der Waals surface area contributed by atoms with E-state index in [4.69, 9.17) is 0 Å². The third-order valence-corrected chi connectivity index (χ3v) is 7.93. The molecular formula is C26H34N4O3S. The van der Waals surface area contributed by atoms with E-state index in [-0.39, 0.29) is 22.6 Å². The summed E-state index contributed by atoms with van der Waals surface area (Å²) in [7, 11) is -3.65. The summed E-state index contributed by atoms with van der Waals surface area (Å²) in [5, 5.41) is 3.04. The maximum atomic E-state index is 13.2. The number of sulfonamides is 1. The second kappa shape index (κ2) is 10.3. The number of hydrogen-bond acceptors (Lipinski definition) is 5. The first kappa shape index (κ1) is 24.4. The Bertz CT molecular complexity index is 1180. The number of rotatable bonds is 7. The van der Waals surface area contributed by atoms with Crippen LogP contribution in [0.4, 0.5) is 0 Å². The molecule has 2 N–H and O–H groups in total. The molecule has 2 atom stereocenters. The summed E-state index contributed by atoms with van der Waals surface area (Å²) in [4.78, 5) is 20.4. The summed E-state index contributed by atoms with van der Waals surface area (Å²) in [6.07, 6.45) is 2.51. The zero-order chi connectivity index (χ0) is 24.3. The van der Waals surface area contributed by atoms with Crippen LogP contribution < -0.4 is 10.0 Å². The van der Waals surface area contributed by atoms with Gasteiger partial charge in [0.05, 0.1) is 4.90 Å². The van der Waals surface area contributed by atoms with E-state index >= 15 is 0 Å². The van der Waals surface area contributed by atoms with Gasteiger partial charge in [-0.15, -0.1) is 0 Å². The molecule has 0 bridgehead atoms. The van der Waals surface area contributed by atoms with Crippen molar-refractivity contribution in [3.05, 3.63) is 65.2 Å². The van der Waals surface area contributed by atoms with Crippen molar-refractivity contribution in [2.45, 2.75) is 57.6 Å². The predicted molar refractivity (Wildman–Crippen MR) is 134 cm³/mol. The fourth-order valence-electron chi connectivity index (χ4n) is 4.72. The number of carbonyl (C=O) groups is 1. The average Bonchev–Trinajstić information content (AvgIpc) is 3.06. The molecule has 8 heteroatoms. The number of nitrogens with one attached hydrogen (secondary N) is 2. The van der Waals surface area contributed by atoms with E-state index < -0.39 is 16.1 Å². The number of carbonyl (C=O) groups excluding carboxylic acids is 1. The van der Waals surface area contributed by atoms with Crippen LogP contribution in [0.25, 0.3) is 0 Å². The molecular weight excluding hydrogens is 448 g/mol. The van der Waals surface area contributed by atoms with Crippen LogP contribution in [0.15, 0.2) is 58.4 Å². The molecule has 0 radical (unpaired) electrons. The molecule has 2 aromatic rings. The minimum Gasteiger partial charge on any atom is -0.350 e. The van der Waals surface area contributed by atoms with E-state index in [9.17, 15) is 13.2 Å². The maximum absolute atomic E-state index is 13.2. The lowest BCUT2D eigenvalue weighted by Crippen LogP contribution is -2.38. The van der Waals surface area contributed by atoms with Gasteiger partial charge in [0.1, 0.15) is 11.9 Å². The van der Waals surface area contributed by atoms with Crippen LogP contribution in [-0.4, -0.2) is 44.2 Å². The fourth-order valence-corrected chi connectivity index (χ4v) is 5.96. The summed E-state index contributed by atoms with van der Waals surface area (Å²) in [6, 6.07) is 14.2. The molecule has 0 spiro atoms. The molecule has 7 nitrogen and oxygen atoms in total. The van der Waals surface area contributed by atoms with E-state index in [1.165, 1.54) is 18.4 Å². The molecule has 182 valence electrons. The van der Waals surface area contributed by atoms with Crippen LogP contribution in [0.1, 0.15) is 50.3 Å². The van der Waals surface area contributed by atoms with Gasteiger partial charge in [0, 0.05) is 25.2 Å². The molecule has 2 heterocycles. The Balaban J connectivity index is 1.48. The molecule has 2 aliphatic heterocycles. The standard InChI is InChI=1S/C26H34N4O3S/c1-18(2)24(28-25-22-12-6-7-13-23(22)34(32,33)29-25)26(31)27-15-20-10-4-5-11-21(20)17-30-14-8-9-19(3)16-30/h4-7,10-13,18-19,24H,8-9,14-17H2,1-3H3,(H,27,31)(H,28,29)/t19?,24-/m0/s1. The molecule has 0 saturated carbocycles. The van der Waals surface area contributed by atoms with Crippen LogP contribution >= 0.6 is 0 Å². The average molecular weight is 483 g/mol. The molecule has 0 aliphatic carbocycles. The first-order valence-corrected chi connectivity index (χ1v) is 13.5. The highest BCUT2D eigenvalue weighted by Crippen LogP contribution is 2.24. The maximum Gasteiger partial charge on any atom is 0.263 e. The molecule has 34 heavy (non-hydrogen) atoms. The monoisotopic (exact) mass is 482 g/mol. The first-order valence-electron chi connectivity index (χ1n) is 12.0. The van der Waals surface area contributed by atoms with E-state index in [2.05, 4.69) is 39.0 Å². The quantitative estimate of drug-likeness (QED) is 0.634. The highest BCUT2D eigenvalue weighted by molar-refractivity contribution is 7.90. The van der Waals surface area contributed by atoms with Crippen LogP contribution in [0, 0.1) is 11.8 Å². The number of hydrogen-bond donors (Lipinski definition) is 2. The van der Waals surface area contributed by atoms with Crippen LogP contribution in [-0.2, 0) is 27.9 Å². The number of aliphatic imine (C=N–C) groups is 1.